The monoisotopic (exact) mass is 523 g/mol. The first kappa shape index (κ1) is 22.3. The molecule has 41 heavy (non-hydrogen) atoms. The molecule has 0 bridgehead atoms. The van der Waals surface area contributed by atoms with Crippen molar-refractivity contribution in [3.63, 3.8) is 0 Å². The van der Waals surface area contributed by atoms with Crippen LogP contribution in [0.4, 0.5) is 17.2 Å². The second-order valence-electron chi connectivity index (χ2n) is 10.7. The summed E-state index contributed by atoms with van der Waals surface area (Å²) in [7, 11) is 0. The Morgan fingerprint density at radius 3 is 1.85 bits per heavy atom. The molecule has 6 aromatic carbocycles. The molecule has 0 unspecified atom stereocenters. The number of anilines is 3. The summed E-state index contributed by atoms with van der Waals surface area (Å²) in [6, 6.07) is 54.9. The Morgan fingerprint density at radius 2 is 1.00 bits per heavy atom. The summed E-state index contributed by atoms with van der Waals surface area (Å²) in [6.07, 6.45) is 0. The number of para-hydroxylation sites is 5. The zero-order chi connectivity index (χ0) is 26.9. The van der Waals surface area contributed by atoms with E-state index in [-0.39, 0.29) is 0 Å². The van der Waals surface area contributed by atoms with Gasteiger partial charge in [0.05, 0.1) is 27.9 Å². The lowest BCUT2D eigenvalue weighted by Crippen LogP contribution is -2.13. The van der Waals surface area contributed by atoms with Gasteiger partial charge in [0.2, 0.25) is 0 Å². The van der Waals surface area contributed by atoms with Crippen LogP contribution in [-0.2, 0) is 0 Å². The molecule has 192 valence electrons. The minimum atomic E-state index is 1.13. The Bertz CT molecular complexity index is 2270. The summed E-state index contributed by atoms with van der Waals surface area (Å²) >= 11 is 0. The highest BCUT2D eigenvalue weighted by atomic mass is 15.3. The molecule has 0 atom stereocenters. The fourth-order valence-electron chi connectivity index (χ4n) is 6.70. The number of hydrogen-bond donors (Lipinski definition) is 0. The number of rotatable bonds is 2. The van der Waals surface area contributed by atoms with Crippen LogP contribution in [-0.4, -0.2) is 9.13 Å². The molecule has 2 aromatic heterocycles. The molecule has 0 radical (unpaired) electrons. The lowest BCUT2D eigenvalue weighted by molar-refractivity contribution is 1.09. The molecular weight excluding hydrogens is 498 g/mol. The minimum absolute atomic E-state index is 1.13. The van der Waals surface area contributed by atoms with Crippen LogP contribution in [0.25, 0.3) is 55.2 Å². The minimum Gasteiger partial charge on any atom is -0.309 e. The summed E-state index contributed by atoms with van der Waals surface area (Å²) in [5.41, 5.74) is 10.7. The standard InChI is InChI=1S/C38H25N3/c1-2-13-27(14-3-1)39-34-19-9-5-17-31(34)32-23-22-28(25-37(32)39)40-35-20-10-6-15-29(35)30-16-7-11-21-36(30)41-33-18-8-4-12-26(33)24-38(40)41/h1-25H. The summed E-state index contributed by atoms with van der Waals surface area (Å²) in [6.45, 7) is 0. The molecular formula is C38H25N3. The highest BCUT2D eigenvalue weighted by Gasteiger charge is 2.28. The molecule has 0 fully saturated rings. The van der Waals surface area contributed by atoms with Crippen molar-refractivity contribution in [1.82, 2.24) is 9.13 Å². The zero-order valence-electron chi connectivity index (χ0n) is 22.3. The van der Waals surface area contributed by atoms with Gasteiger partial charge in [-0.25, -0.2) is 0 Å². The van der Waals surface area contributed by atoms with Gasteiger partial charge in [0.1, 0.15) is 5.82 Å². The van der Waals surface area contributed by atoms with E-state index in [1.54, 1.807) is 0 Å². The van der Waals surface area contributed by atoms with Crippen LogP contribution in [0, 0.1) is 0 Å². The van der Waals surface area contributed by atoms with E-state index in [9.17, 15) is 0 Å². The average Bonchev–Trinajstić information content (AvgIpc) is 3.54. The van der Waals surface area contributed by atoms with Gasteiger partial charge in [0, 0.05) is 38.7 Å². The Balaban J connectivity index is 1.40. The van der Waals surface area contributed by atoms with Crippen molar-refractivity contribution < 1.29 is 0 Å². The number of hydrogen-bond acceptors (Lipinski definition) is 1. The number of nitrogens with zero attached hydrogens (tertiary/aromatic N) is 3. The first-order chi connectivity index (χ1) is 20.4. The molecule has 0 saturated carbocycles. The molecule has 3 heteroatoms. The van der Waals surface area contributed by atoms with E-state index >= 15 is 0 Å². The van der Waals surface area contributed by atoms with Gasteiger partial charge in [-0.2, -0.15) is 0 Å². The third kappa shape index (κ3) is 3.14. The first-order valence-corrected chi connectivity index (χ1v) is 14.0. The molecule has 8 aromatic rings. The topological polar surface area (TPSA) is 13.1 Å². The normalized spacial score (nSPS) is 12.3. The van der Waals surface area contributed by atoms with Crippen LogP contribution in [0.15, 0.2) is 152 Å². The highest BCUT2D eigenvalue weighted by molar-refractivity contribution is 6.11. The lowest BCUT2D eigenvalue weighted by Gasteiger charge is -2.26. The van der Waals surface area contributed by atoms with Gasteiger partial charge in [0.15, 0.2) is 0 Å². The van der Waals surface area contributed by atoms with Gasteiger partial charge < -0.3 is 4.57 Å². The zero-order valence-corrected chi connectivity index (χ0v) is 22.3. The molecule has 0 N–H and O–H groups in total. The fraction of sp³-hybridized carbons (Fsp3) is 0. The molecule has 3 nitrogen and oxygen atoms in total. The summed E-state index contributed by atoms with van der Waals surface area (Å²) in [5, 5.41) is 3.73. The van der Waals surface area contributed by atoms with E-state index in [1.807, 2.05) is 0 Å². The van der Waals surface area contributed by atoms with Crippen LogP contribution in [0.2, 0.25) is 0 Å². The molecule has 0 spiro atoms. The molecule has 1 aliphatic rings. The van der Waals surface area contributed by atoms with Crippen LogP contribution >= 0.6 is 0 Å². The van der Waals surface area contributed by atoms with Gasteiger partial charge >= 0.3 is 0 Å². The van der Waals surface area contributed by atoms with Crippen molar-refractivity contribution in [2.75, 3.05) is 4.90 Å². The predicted molar refractivity (Wildman–Crippen MR) is 171 cm³/mol. The largest absolute Gasteiger partial charge is 0.309 e. The maximum Gasteiger partial charge on any atom is 0.123 e. The predicted octanol–water partition coefficient (Wildman–Crippen LogP) is 10.2. The van der Waals surface area contributed by atoms with Gasteiger partial charge in [-0.1, -0.05) is 97.1 Å². The molecule has 3 heterocycles. The summed E-state index contributed by atoms with van der Waals surface area (Å²) in [5.74, 6) is 1.13. The van der Waals surface area contributed by atoms with E-state index in [0.29, 0.717) is 0 Å². The Labute approximate surface area is 237 Å². The van der Waals surface area contributed by atoms with Crippen molar-refractivity contribution in [2.24, 2.45) is 0 Å². The average molecular weight is 524 g/mol. The smallest absolute Gasteiger partial charge is 0.123 e. The highest BCUT2D eigenvalue weighted by Crippen LogP contribution is 2.49. The Morgan fingerprint density at radius 1 is 0.366 bits per heavy atom. The second-order valence-corrected chi connectivity index (χ2v) is 10.7. The molecule has 0 saturated heterocycles. The van der Waals surface area contributed by atoms with Crippen LogP contribution < -0.4 is 4.90 Å². The lowest BCUT2D eigenvalue weighted by atomic mass is 10.0. The maximum atomic E-state index is 2.43. The van der Waals surface area contributed by atoms with Gasteiger partial charge in [-0.05, 0) is 54.6 Å². The Hall–Kier alpha value is -5.54. The molecule has 0 aliphatic carbocycles. The van der Waals surface area contributed by atoms with E-state index in [2.05, 4.69) is 166 Å². The molecule has 0 amide bonds. The van der Waals surface area contributed by atoms with Crippen molar-refractivity contribution in [2.45, 2.75) is 0 Å². The summed E-state index contributed by atoms with van der Waals surface area (Å²) in [4.78, 5) is 2.43. The van der Waals surface area contributed by atoms with Crippen LogP contribution in [0.5, 0.6) is 0 Å². The third-order valence-electron chi connectivity index (χ3n) is 8.43. The van der Waals surface area contributed by atoms with Gasteiger partial charge in [-0.3, -0.25) is 9.47 Å². The third-order valence-corrected chi connectivity index (χ3v) is 8.43. The van der Waals surface area contributed by atoms with E-state index < -0.39 is 0 Å². The first-order valence-electron chi connectivity index (χ1n) is 14.0. The number of benzene rings is 6. The summed E-state index contributed by atoms with van der Waals surface area (Å²) < 4.78 is 4.81. The van der Waals surface area contributed by atoms with Crippen molar-refractivity contribution in [1.29, 1.82) is 0 Å². The van der Waals surface area contributed by atoms with Crippen molar-refractivity contribution in [3.8, 4) is 22.5 Å². The second kappa shape index (κ2) is 8.48. The van der Waals surface area contributed by atoms with Crippen LogP contribution in [0.3, 0.4) is 0 Å². The van der Waals surface area contributed by atoms with E-state index in [0.717, 1.165) is 17.2 Å². The van der Waals surface area contributed by atoms with Crippen molar-refractivity contribution >= 4 is 49.9 Å². The van der Waals surface area contributed by atoms with Crippen LogP contribution in [0.1, 0.15) is 0 Å². The number of fused-ring (bicyclic) bond motifs is 10. The van der Waals surface area contributed by atoms with Gasteiger partial charge in [0.25, 0.3) is 0 Å². The number of aromatic nitrogens is 2. The molecule has 9 rings (SSSR count). The molecule has 1 aliphatic heterocycles. The SMILES string of the molecule is c1ccc(-n2c3ccccc3c3ccc(N4c5ccccc5-c5ccccc5-n5c4cc4ccccc45)cc32)cc1. The maximum absolute atomic E-state index is 2.43. The quantitative estimate of drug-likeness (QED) is 0.220. The van der Waals surface area contributed by atoms with E-state index in [1.165, 1.54) is 55.2 Å². The van der Waals surface area contributed by atoms with Gasteiger partial charge in [-0.15, -0.1) is 0 Å². The fourth-order valence-corrected chi connectivity index (χ4v) is 6.70. The van der Waals surface area contributed by atoms with Crippen molar-refractivity contribution in [3.05, 3.63) is 152 Å². The van der Waals surface area contributed by atoms with E-state index in [4.69, 9.17) is 0 Å². The Kier molecular flexibility index (Phi) is 4.61.